The molecule has 1 aromatic carbocycles. The first kappa shape index (κ1) is 13.9. The van der Waals surface area contributed by atoms with Crippen molar-refractivity contribution in [2.45, 2.75) is 45.2 Å². The van der Waals surface area contributed by atoms with Crippen LogP contribution in [0.25, 0.3) is 11.0 Å². The molecule has 2 heterocycles. The Morgan fingerprint density at radius 1 is 1.19 bits per heavy atom. The van der Waals surface area contributed by atoms with Gasteiger partial charge in [0.1, 0.15) is 5.58 Å². The first-order valence-corrected chi connectivity index (χ1v) is 7.43. The van der Waals surface area contributed by atoms with Crippen molar-refractivity contribution >= 4 is 16.9 Å². The maximum atomic E-state index is 12.7. The number of carbonyl (C=O) groups is 1. The molecule has 0 aliphatic carbocycles. The Hall–Kier alpha value is -2.10. The highest BCUT2D eigenvalue weighted by atomic mass is 16.3. The summed E-state index contributed by atoms with van der Waals surface area (Å²) in [6.45, 7) is 4.10. The number of hydrogen-bond acceptors (Lipinski definition) is 3. The van der Waals surface area contributed by atoms with Crippen molar-refractivity contribution in [2.75, 3.05) is 0 Å². The van der Waals surface area contributed by atoms with Gasteiger partial charge in [-0.25, -0.2) is 0 Å². The van der Waals surface area contributed by atoms with Gasteiger partial charge < -0.3 is 9.32 Å². The number of fused-ring (bicyclic) bond motifs is 1. The van der Waals surface area contributed by atoms with Crippen molar-refractivity contribution in [3.05, 3.63) is 46.3 Å². The third-order valence-electron chi connectivity index (χ3n) is 4.27. The lowest BCUT2D eigenvalue weighted by atomic mass is 9.97. The van der Waals surface area contributed by atoms with Crippen molar-refractivity contribution in [1.82, 2.24) is 4.90 Å². The average Bonchev–Trinajstić information content (AvgIpc) is 2.47. The SMILES string of the molecule is CC1CCCC(C)N1C(=O)c1cc(=O)c2ccccc2o1. The average molecular weight is 285 g/mol. The summed E-state index contributed by atoms with van der Waals surface area (Å²) in [7, 11) is 0. The zero-order chi connectivity index (χ0) is 15.0. The van der Waals surface area contributed by atoms with Crippen molar-refractivity contribution in [1.29, 1.82) is 0 Å². The Bertz CT molecular complexity index is 724. The summed E-state index contributed by atoms with van der Waals surface area (Å²) >= 11 is 0. The van der Waals surface area contributed by atoms with Gasteiger partial charge in [-0.2, -0.15) is 0 Å². The van der Waals surface area contributed by atoms with E-state index in [9.17, 15) is 9.59 Å². The maximum Gasteiger partial charge on any atom is 0.290 e. The van der Waals surface area contributed by atoms with Crippen molar-refractivity contribution in [3.63, 3.8) is 0 Å². The molecule has 110 valence electrons. The molecule has 21 heavy (non-hydrogen) atoms. The summed E-state index contributed by atoms with van der Waals surface area (Å²) in [4.78, 5) is 26.7. The van der Waals surface area contributed by atoms with Gasteiger partial charge >= 0.3 is 0 Å². The van der Waals surface area contributed by atoms with E-state index in [2.05, 4.69) is 0 Å². The van der Waals surface area contributed by atoms with Gasteiger partial charge in [0.15, 0.2) is 11.2 Å². The summed E-state index contributed by atoms with van der Waals surface area (Å²) in [5.41, 5.74) is 0.295. The van der Waals surface area contributed by atoms with Crippen LogP contribution >= 0.6 is 0 Å². The summed E-state index contributed by atoms with van der Waals surface area (Å²) in [5, 5.41) is 0.508. The molecule has 0 radical (unpaired) electrons. The number of amides is 1. The van der Waals surface area contributed by atoms with Crippen molar-refractivity contribution in [3.8, 4) is 0 Å². The standard InChI is InChI=1S/C17H19NO3/c1-11-6-5-7-12(2)18(11)17(20)16-10-14(19)13-8-3-4-9-15(13)21-16/h3-4,8-12H,5-7H2,1-2H3. The highest BCUT2D eigenvalue weighted by Gasteiger charge is 2.31. The number of likely N-dealkylation sites (tertiary alicyclic amines) is 1. The molecule has 3 rings (SSSR count). The van der Waals surface area contributed by atoms with E-state index in [1.807, 2.05) is 18.7 Å². The number of hydrogen-bond donors (Lipinski definition) is 0. The first-order chi connectivity index (χ1) is 10.1. The van der Waals surface area contributed by atoms with Crippen LogP contribution in [0.2, 0.25) is 0 Å². The van der Waals surface area contributed by atoms with Crippen LogP contribution < -0.4 is 5.43 Å². The first-order valence-electron chi connectivity index (χ1n) is 7.43. The second-order valence-corrected chi connectivity index (χ2v) is 5.81. The predicted molar refractivity (Wildman–Crippen MR) is 81.4 cm³/mol. The highest BCUT2D eigenvalue weighted by Crippen LogP contribution is 2.25. The van der Waals surface area contributed by atoms with E-state index in [0.717, 1.165) is 19.3 Å². The molecule has 4 nitrogen and oxygen atoms in total. The van der Waals surface area contributed by atoms with Crippen LogP contribution in [-0.4, -0.2) is 22.9 Å². The highest BCUT2D eigenvalue weighted by molar-refractivity contribution is 5.93. The van der Waals surface area contributed by atoms with Gasteiger partial charge in [0.2, 0.25) is 0 Å². The second-order valence-electron chi connectivity index (χ2n) is 5.81. The maximum absolute atomic E-state index is 12.7. The van der Waals surface area contributed by atoms with Gasteiger partial charge in [-0.15, -0.1) is 0 Å². The Morgan fingerprint density at radius 2 is 1.86 bits per heavy atom. The van der Waals surface area contributed by atoms with E-state index in [4.69, 9.17) is 4.42 Å². The number of para-hydroxylation sites is 1. The van der Waals surface area contributed by atoms with Crippen LogP contribution in [0.1, 0.15) is 43.7 Å². The largest absolute Gasteiger partial charge is 0.451 e. The minimum absolute atomic E-state index is 0.138. The molecule has 0 saturated carbocycles. The van der Waals surface area contributed by atoms with E-state index < -0.39 is 0 Å². The Kier molecular flexibility index (Phi) is 3.53. The quantitative estimate of drug-likeness (QED) is 0.808. The van der Waals surface area contributed by atoms with Gasteiger partial charge in [0, 0.05) is 18.2 Å². The van der Waals surface area contributed by atoms with Crippen LogP contribution in [0.5, 0.6) is 0 Å². The van der Waals surface area contributed by atoms with Gasteiger partial charge in [-0.3, -0.25) is 9.59 Å². The molecule has 1 aliphatic rings. The zero-order valence-corrected chi connectivity index (χ0v) is 12.3. The molecule has 1 aromatic heterocycles. The Labute approximate surface area is 123 Å². The molecule has 2 atom stereocenters. The molecule has 0 N–H and O–H groups in total. The molecular weight excluding hydrogens is 266 g/mol. The van der Waals surface area contributed by atoms with Gasteiger partial charge in [0.25, 0.3) is 5.91 Å². The van der Waals surface area contributed by atoms with Crippen LogP contribution in [-0.2, 0) is 0 Å². The molecule has 1 fully saturated rings. The fraction of sp³-hybridized carbons (Fsp3) is 0.412. The van der Waals surface area contributed by atoms with Gasteiger partial charge in [-0.1, -0.05) is 12.1 Å². The number of carbonyl (C=O) groups excluding carboxylic acids is 1. The molecule has 0 bridgehead atoms. The Morgan fingerprint density at radius 3 is 2.57 bits per heavy atom. The third kappa shape index (κ3) is 2.46. The van der Waals surface area contributed by atoms with Crippen LogP contribution in [0.15, 0.2) is 39.5 Å². The predicted octanol–water partition coefficient (Wildman–Crippen LogP) is 3.20. The summed E-state index contributed by atoms with van der Waals surface area (Å²) < 4.78 is 5.66. The van der Waals surface area contributed by atoms with Crippen molar-refractivity contribution in [2.24, 2.45) is 0 Å². The minimum Gasteiger partial charge on any atom is -0.451 e. The summed E-state index contributed by atoms with van der Waals surface area (Å²) in [6.07, 6.45) is 3.12. The van der Waals surface area contributed by atoms with Crippen LogP contribution in [0.4, 0.5) is 0 Å². The molecule has 4 heteroatoms. The van der Waals surface area contributed by atoms with Crippen LogP contribution in [0.3, 0.4) is 0 Å². The Balaban J connectivity index is 2.03. The molecular formula is C17H19NO3. The molecule has 1 aliphatic heterocycles. The third-order valence-corrected chi connectivity index (χ3v) is 4.27. The second kappa shape index (κ2) is 5.35. The van der Waals surface area contributed by atoms with E-state index in [1.54, 1.807) is 24.3 Å². The normalized spacial score (nSPS) is 22.5. The molecule has 2 unspecified atom stereocenters. The topological polar surface area (TPSA) is 50.5 Å². The van der Waals surface area contributed by atoms with Crippen LogP contribution in [0, 0.1) is 0 Å². The fourth-order valence-corrected chi connectivity index (χ4v) is 3.16. The molecule has 0 spiro atoms. The lowest BCUT2D eigenvalue weighted by Crippen LogP contribution is -2.47. The van der Waals surface area contributed by atoms with E-state index in [1.165, 1.54) is 6.07 Å². The fourth-order valence-electron chi connectivity index (χ4n) is 3.16. The molecule has 1 amide bonds. The lowest BCUT2D eigenvalue weighted by Gasteiger charge is -2.38. The van der Waals surface area contributed by atoms with Crippen molar-refractivity contribution < 1.29 is 9.21 Å². The number of nitrogens with zero attached hydrogens (tertiary/aromatic N) is 1. The number of benzene rings is 1. The minimum atomic E-state index is -0.183. The molecule has 2 aromatic rings. The summed E-state index contributed by atoms with van der Waals surface area (Å²) in [6, 6.07) is 8.69. The van der Waals surface area contributed by atoms with Gasteiger partial charge in [-0.05, 0) is 45.2 Å². The van der Waals surface area contributed by atoms with E-state index in [0.29, 0.717) is 11.0 Å². The monoisotopic (exact) mass is 285 g/mol. The van der Waals surface area contributed by atoms with E-state index >= 15 is 0 Å². The molecule has 1 saturated heterocycles. The van der Waals surface area contributed by atoms with Gasteiger partial charge in [0.05, 0.1) is 5.39 Å². The lowest BCUT2D eigenvalue weighted by molar-refractivity contribution is 0.0479. The number of piperidine rings is 1. The smallest absolute Gasteiger partial charge is 0.290 e. The summed E-state index contributed by atoms with van der Waals surface area (Å²) in [5.74, 6) is -0.0446. The zero-order valence-electron chi connectivity index (χ0n) is 12.3. The number of rotatable bonds is 1. The van der Waals surface area contributed by atoms with E-state index in [-0.39, 0.29) is 29.2 Å².